The van der Waals surface area contributed by atoms with Crippen LogP contribution >= 0.6 is 27.5 Å². The van der Waals surface area contributed by atoms with Crippen molar-refractivity contribution < 1.29 is 23.9 Å². The number of halogens is 2. The first-order valence-corrected chi connectivity index (χ1v) is 11.0. The van der Waals surface area contributed by atoms with Crippen LogP contribution in [-0.2, 0) is 16.1 Å². The summed E-state index contributed by atoms with van der Waals surface area (Å²) >= 11 is 9.55. The number of nitro groups is 1. The molecule has 0 unspecified atom stereocenters. The zero-order valence-corrected chi connectivity index (χ0v) is 20.0. The number of cyclic esters (lactones) is 1. The minimum absolute atomic E-state index is 0.0196. The predicted octanol–water partition coefficient (Wildman–Crippen LogP) is 5.94. The second kappa shape index (κ2) is 10.1. The number of benzene rings is 3. The van der Waals surface area contributed by atoms with Gasteiger partial charge in [-0.15, -0.1) is 0 Å². The average Bonchev–Trinajstić information content (AvgIpc) is 3.18. The maximum absolute atomic E-state index is 12.5. The van der Waals surface area contributed by atoms with Gasteiger partial charge in [-0.25, -0.2) is 9.79 Å². The Bertz CT molecular complexity index is 1340. The van der Waals surface area contributed by atoms with Crippen LogP contribution in [0, 0.1) is 10.1 Å². The van der Waals surface area contributed by atoms with E-state index in [1.54, 1.807) is 18.2 Å². The van der Waals surface area contributed by atoms with Crippen LogP contribution in [-0.4, -0.2) is 23.9 Å². The average molecular weight is 544 g/mol. The van der Waals surface area contributed by atoms with Gasteiger partial charge in [-0.2, -0.15) is 0 Å². The normalized spacial score (nSPS) is 14.0. The summed E-state index contributed by atoms with van der Waals surface area (Å²) in [5.74, 6) is 0.188. The van der Waals surface area contributed by atoms with E-state index in [0.29, 0.717) is 17.1 Å². The molecule has 0 atom stereocenters. The highest BCUT2D eigenvalue weighted by Gasteiger charge is 2.27. The number of carbonyl (C=O) groups excluding carboxylic acids is 1. The standard InChI is InChI=1S/C24H16BrClN2O6/c1-32-21-4-2-3-15(22(21)33-13-14-5-7-16(25)8-6-14)11-20-24(29)34-23(27-20)18-10-9-17(28(30)31)12-19(18)26/h2-12H,13H2,1H3/b20-11-. The summed E-state index contributed by atoms with van der Waals surface area (Å²) in [6, 6.07) is 16.8. The zero-order chi connectivity index (χ0) is 24.2. The van der Waals surface area contributed by atoms with Gasteiger partial charge in [0.1, 0.15) is 6.61 Å². The number of carbonyl (C=O) groups is 1. The highest BCUT2D eigenvalue weighted by atomic mass is 79.9. The smallest absolute Gasteiger partial charge is 0.363 e. The molecule has 0 saturated carbocycles. The Morgan fingerprint density at radius 3 is 2.62 bits per heavy atom. The SMILES string of the molecule is COc1cccc(/C=C2\N=C(c3ccc([N+](=O)[O-])cc3Cl)OC2=O)c1OCc1ccc(Br)cc1. The molecule has 3 aromatic carbocycles. The van der Waals surface area contributed by atoms with Crippen molar-refractivity contribution in [3.8, 4) is 11.5 Å². The number of methoxy groups -OCH3 is 1. The summed E-state index contributed by atoms with van der Waals surface area (Å²) in [7, 11) is 1.52. The molecule has 4 rings (SSSR count). The summed E-state index contributed by atoms with van der Waals surface area (Å²) in [5, 5.41) is 11.0. The molecule has 1 heterocycles. The minimum atomic E-state index is -0.689. The third kappa shape index (κ3) is 5.11. The second-order valence-corrected chi connectivity index (χ2v) is 8.37. The van der Waals surface area contributed by atoms with E-state index in [2.05, 4.69) is 20.9 Å². The third-order valence-electron chi connectivity index (χ3n) is 4.83. The Morgan fingerprint density at radius 2 is 1.94 bits per heavy atom. The van der Waals surface area contributed by atoms with Crippen molar-refractivity contribution in [3.63, 3.8) is 0 Å². The molecule has 8 nitrogen and oxygen atoms in total. The first kappa shape index (κ1) is 23.5. The summed E-state index contributed by atoms with van der Waals surface area (Å²) in [5.41, 5.74) is 1.61. The monoisotopic (exact) mass is 542 g/mol. The third-order valence-corrected chi connectivity index (χ3v) is 5.67. The fourth-order valence-electron chi connectivity index (χ4n) is 3.16. The van der Waals surface area contributed by atoms with Gasteiger partial charge < -0.3 is 14.2 Å². The Balaban J connectivity index is 1.65. The minimum Gasteiger partial charge on any atom is -0.493 e. The number of non-ortho nitro benzene ring substituents is 1. The number of aliphatic imine (C=N–C) groups is 1. The molecule has 0 fully saturated rings. The first-order valence-electron chi connectivity index (χ1n) is 9.87. The number of nitrogens with zero attached hydrogens (tertiary/aromatic N) is 2. The van der Waals surface area contributed by atoms with Crippen molar-refractivity contribution in [2.75, 3.05) is 7.11 Å². The largest absolute Gasteiger partial charge is 0.493 e. The Labute approximate surface area is 207 Å². The maximum atomic E-state index is 12.5. The second-order valence-electron chi connectivity index (χ2n) is 7.05. The fourth-order valence-corrected chi connectivity index (χ4v) is 3.68. The lowest BCUT2D eigenvalue weighted by atomic mass is 10.1. The number of hydrogen-bond acceptors (Lipinski definition) is 7. The number of esters is 1. The van der Waals surface area contributed by atoms with Crippen LogP contribution in [0.15, 0.2) is 75.8 Å². The highest BCUT2D eigenvalue weighted by molar-refractivity contribution is 9.10. The Kier molecular flexibility index (Phi) is 6.95. The summed E-state index contributed by atoms with van der Waals surface area (Å²) in [6.45, 7) is 0.279. The summed E-state index contributed by atoms with van der Waals surface area (Å²) in [4.78, 5) is 27.1. The lowest BCUT2D eigenvalue weighted by Gasteiger charge is -2.13. The number of ether oxygens (including phenoxy) is 3. The van der Waals surface area contributed by atoms with Gasteiger partial charge in [0, 0.05) is 22.2 Å². The Morgan fingerprint density at radius 1 is 1.18 bits per heavy atom. The van der Waals surface area contributed by atoms with E-state index in [1.807, 2.05) is 24.3 Å². The Hall–Kier alpha value is -3.69. The summed E-state index contributed by atoms with van der Waals surface area (Å²) in [6.07, 6.45) is 1.52. The van der Waals surface area contributed by atoms with E-state index < -0.39 is 10.9 Å². The lowest BCUT2D eigenvalue weighted by Crippen LogP contribution is -2.06. The van der Waals surface area contributed by atoms with E-state index in [9.17, 15) is 14.9 Å². The topological polar surface area (TPSA) is 100 Å². The van der Waals surface area contributed by atoms with Crippen molar-refractivity contribution >= 4 is 51.2 Å². The van der Waals surface area contributed by atoms with E-state index in [0.717, 1.165) is 10.0 Å². The van der Waals surface area contributed by atoms with Crippen LogP contribution in [0.4, 0.5) is 5.69 Å². The molecule has 1 aliphatic heterocycles. The molecular formula is C24H16BrClN2O6. The van der Waals surface area contributed by atoms with Crippen molar-refractivity contribution in [1.82, 2.24) is 0 Å². The number of para-hydroxylation sites is 1. The molecule has 1 aliphatic rings. The van der Waals surface area contributed by atoms with Gasteiger partial charge in [-0.05, 0) is 35.9 Å². The predicted molar refractivity (Wildman–Crippen MR) is 130 cm³/mol. The molecule has 0 spiro atoms. The molecule has 0 radical (unpaired) electrons. The number of hydrogen-bond donors (Lipinski definition) is 0. The maximum Gasteiger partial charge on any atom is 0.363 e. The van der Waals surface area contributed by atoms with Gasteiger partial charge in [0.15, 0.2) is 17.2 Å². The van der Waals surface area contributed by atoms with E-state index in [4.69, 9.17) is 25.8 Å². The molecule has 0 saturated heterocycles. The van der Waals surface area contributed by atoms with Crippen molar-refractivity contribution in [1.29, 1.82) is 0 Å². The van der Waals surface area contributed by atoms with Gasteiger partial charge in [-0.3, -0.25) is 10.1 Å². The van der Waals surface area contributed by atoms with E-state index in [1.165, 1.54) is 31.4 Å². The van der Waals surface area contributed by atoms with Crippen molar-refractivity contribution in [2.24, 2.45) is 4.99 Å². The van der Waals surface area contributed by atoms with Crippen LogP contribution in [0.3, 0.4) is 0 Å². The molecule has 0 aromatic heterocycles. The van der Waals surface area contributed by atoms with Gasteiger partial charge >= 0.3 is 5.97 Å². The van der Waals surface area contributed by atoms with Crippen LogP contribution in [0.2, 0.25) is 5.02 Å². The molecule has 3 aromatic rings. The van der Waals surface area contributed by atoms with Gasteiger partial charge in [0.25, 0.3) is 5.69 Å². The highest BCUT2D eigenvalue weighted by Crippen LogP contribution is 2.35. The lowest BCUT2D eigenvalue weighted by molar-refractivity contribution is -0.384. The van der Waals surface area contributed by atoms with E-state index in [-0.39, 0.29) is 34.5 Å². The molecule has 0 bridgehead atoms. The molecule has 34 heavy (non-hydrogen) atoms. The molecule has 172 valence electrons. The fraction of sp³-hybridized carbons (Fsp3) is 0.0833. The van der Waals surface area contributed by atoms with Crippen LogP contribution in [0.25, 0.3) is 6.08 Å². The molecule has 10 heteroatoms. The quantitative estimate of drug-likeness (QED) is 0.158. The molecule has 0 N–H and O–H groups in total. The molecule has 0 amide bonds. The van der Waals surface area contributed by atoms with Crippen molar-refractivity contribution in [2.45, 2.75) is 6.61 Å². The summed E-state index contributed by atoms with van der Waals surface area (Å²) < 4.78 is 17.7. The van der Waals surface area contributed by atoms with Crippen molar-refractivity contribution in [3.05, 3.63) is 103 Å². The van der Waals surface area contributed by atoms with Gasteiger partial charge in [0.2, 0.25) is 5.90 Å². The first-order chi connectivity index (χ1) is 16.4. The van der Waals surface area contributed by atoms with Gasteiger partial charge in [0.05, 0.1) is 22.6 Å². The zero-order valence-electron chi connectivity index (χ0n) is 17.7. The number of rotatable bonds is 7. The van der Waals surface area contributed by atoms with Gasteiger partial charge in [-0.1, -0.05) is 51.8 Å². The van der Waals surface area contributed by atoms with Crippen LogP contribution in [0.1, 0.15) is 16.7 Å². The number of nitro benzene ring substituents is 1. The molecule has 0 aliphatic carbocycles. The van der Waals surface area contributed by atoms with Crippen LogP contribution in [0.5, 0.6) is 11.5 Å². The van der Waals surface area contributed by atoms with Crippen LogP contribution < -0.4 is 9.47 Å². The molecular weight excluding hydrogens is 528 g/mol. The van der Waals surface area contributed by atoms with E-state index >= 15 is 0 Å².